The van der Waals surface area contributed by atoms with Crippen LogP contribution in [0.1, 0.15) is 39.2 Å². The molecule has 0 saturated carbocycles. The van der Waals surface area contributed by atoms with E-state index < -0.39 is 6.04 Å². The zero-order valence-electron chi connectivity index (χ0n) is 18.3. The Balaban J connectivity index is 2.00. The lowest BCUT2D eigenvalue weighted by atomic mass is 10.1. The minimum Gasteiger partial charge on any atom is -0.497 e. The number of hydrogen-bond donors (Lipinski definition) is 1. The van der Waals surface area contributed by atoms with Gasteiger partial charge in [-0.15, -0.1) is 0 Å². The van der Waals surface area contributed by atoms with E-state index in [1.165, 1.54) is 0 Å². The minimum atomic E-state index is -0.572. The molecule has 2 aromatic rings. The zero-order valence-corrected chi connectivity index (χ0v) is 18.3. The number of hydrogen-bond acceptors (Lipinski definition) is 4. The summed E-state index contributed by atoms with van der Waals surface area (Å²) in [6, 6.07) is 16.5. The number of para-hydroxylation sites is 1. The highest BCUT2D eigenvalue weighted by atomic mass is 16.5. The first-order valence-electron chi connectivity index (χ1n) is 10.3. The molecule has 0 fully saturated rings. The molecule has 0 aliphatic heterocycles. The molecule has 1 unspecified atom stereocenters. The van der Waals surface area contributed by atoms with Gasteiger partial charge in [-0.05, 0) is 57.0 Å². The Morgan fingerprint density at radius 2 is 1.63 bits per heavy atom. The Kier molecular flexibility index (Phi) is 9.19. The van der Waals surface area contributed by atoms with E-state index in [1.807, 2.05) is 68.4 Å². The highest BCUT2D eigenvalue weighted by molar-refractivity contribution is 5.87. The molecule has 1 N–H and O–H groups in total. The van der Waals surface area contributed by atoms with Crippen molar-refractivity contribution < 1.29 is 19.1 Å². The first kappa shape index (κ1) is 23.3. The van der Waals surface area contributed by atoms with Gasteiger partial charge in [0.15, 0.2) is 0 Å². The number of methoxy groups -OCH3 is 1. The van der Waals surface area contributed by atoms with Gasteiger partial charge in [-0.1, -0.05) is 30.3 Å². The molecule has 6 nitrogen and oxygen atoms in total. The molecule has 0 aromatic heterocycles. The molecule has 2 amide bonds. The third kappa shape index (κ3) is 7.43. The van der Waals surface area contributed by atoms with Gasteiger partial charge in [0.25, 0.3) is 0 Å². The molecule has 0 spiro atoms. The molecular formula is C24H32N2O4. The molecule has 162 valence electrons. The number of nitrogens with one attached hydrogen (secondary N) is 1. The topological polar surface area (TPSA) is 67.9 Å². The molecule has 0 heterocycles. The Morgan fingerprint density at radius 3 is 2.23 bits per heavy atom. The Labute approximate surface area is 179 Å². The van der Waals surface area contributed by atoms with Crippen LogP contribution in [0.3, 0.4) is 0 Å². The van der Waals surface area contributed by atoms with Crippen LogP contribution in [0.15, 0.2) is 54.6 Å². The van der Waals surface area contributed by atoms with Crippen molar-refractivity contribution in [2.75, 3.05) is 13.7 Å². The van der Waals surface area contributed by atoms with E-state index in [1.54, 1.807) is 18.9 Å². The monoisotopic (exact) mass is 412 g/mol. The Bertz CT molecular complexity index is 791. The standard InChI is InChI=1S/C24H32N2O4/c1-18(2)25-24(28)19(3)26(17-20-12-14-21(29-4)15-13-20)23(27)11-8-16-30-22-9-6-5-7-10-22/h5-7,9-10,12-15,18-19H,8,11,16-17H2,1-4H3,(H,25,28). The average Bonchev–Trinajstić information content (AvgIpc) is 2.75. The lowest BCUT2D eigenvalue weighted by molar-refractivity contribution is -0.141. The minimum absolute atomic E-state index is 0.0113. The molecule has 1 atom stereocenters. The normalized spacial score (nSPS) is 11.6. The average molecular weight is 413 g/mol. The van der Waals surface area contributed by atoms with Crippen molar-refractivity contribution in [3.8, 4) is 11.5 Å². The molecule has 0 radical (unpaired) electrons. The van der Waals surface area contributed by atoms with E-state index in [2.05, 4.69) is 5.32 Å². The van der Waals surface area contributed by atoms with Crippen molar-refractivity contribution in [1.29, 1.82) is 0 Å². The van der Waals surface area contributed by atoms with Crippen LogP contribution in [0, 0.1) is 0 Å². The lowest BCUT2D eigenvalue weighted by Gasteiger charge is -2.29. The second-order valence-corrected chi connectivity index (χ2v) is 7.47. The highest BCUT2D eigenvalue weighted by Gasteiger charge is 2.26. The Hall–Kier alpha value is -3.02. The van der Waals surface area contributed by atoms with Crippen molar-refractivity contribution in [1.82, 2.24) is 10.2 Å². The fourth-order valence-corrected chi connectivity index (χ4v) is 2.99. The maximum Gasteiger partial charge on any atom is 0.242 e. The lowest BCUT2D eigenvalue weighted by Crippen LogP contribution is -2.49. The molecule has 30 heavy (non-hydrogen) atoms. The van der Waals surface area contributed by atoms with Gasteiger partial charge >= 0.3 is 0 Å². The summed E-state index contributed by atoms with van der Waals surface area (Å²) in [5.41, 5.74) is 0.939. The second-order valence-electron chi connectivity index (χ2n) is 7.47. The van der Waals surface area contributed by atoms with Crippen LogP contribution in [0.4, 0.5) is 0 Å². The number of benzene rings is 2. The fraction of sp³-hybridized carbons (Fsp3) is 0.417. The summed E-state index contributed by atoms with van der Waals surface area (Å²) >= 11 is 0. The van der Waals surface area contributed by atoms with Gasteiger partial charge in [0, 0.05) is 19.0 Å². The van der Waals surface area contributed by atoms with Crippen LogP contribution >= 0.6 is 0 Å². The van der Waals surface area contributed by atoms with Crippen molar-refractivity contribution in [2.24, 2.45) is 0 Å². The van der Waals surface area contributed by atoms with Crippen LogP contribution in [0.25, 0.3) is 0 Å². The van der Waals surface area contributed by atoms with Crippen molar-refractivity contribution in [2.45, 2.75) is 52.2 Å². The van der Waals surface area contributed by atoms with E-state index in [-0.39, 0.29) is 17.9 Å². The smallest absolute Gasteiger partial charge is 0.242 e. The maximum atomic E-state index is 13.0. The number of carbonyl (C=O) groups is 2. The van der Waals surface area contributed by atoms with Crippen LogP contribution in [-0.4, -0.2) is 42.5 Å². The van der Waals surface area contributed by atoms with E-state index in [9.17, 15) is 9.59 Å². The van der Waals surface area contributed by atoms with Crippen LogP contribution in [-0.2, 0) is 16.1 Å². The van der Waals surface area contributed by atoms with Gasteiger partial charge in [0.2, 0.25) is 11.8 Å². The summed E-state index contributed by atoms with van der Waals surface area (Å²) in [7, 11) is 1.61. The highest BCUT2D eigenvalue weighted by Crippen LogP contribution is 2.16. The van der Waals surface area contributed by atoms with Gasteiger partial charge in [-0.25, -0.2) is 0 Å². The summed E-state index contributed by atoms with van der Waals surface area (Å²) in [6.07, 6.45) is 0.883. The SMILES string of the molecule is COc1ccc(CN(C(=O)CCCOc2ccccc2)C(C)C(=O)NC(C)C)cc1. The summed E-state index contributed by atoms with van der Waals surface area (Å²) < 4.78 is 10.9. The molecule has 0 bridgehead atoms. The third-order valence-electron chi connectivity index (χ3n) is 4.66. The van der Waals surface area contributed by atoms with Crippen LogP contribution < -0.4 is 14.8 Å². The third-order valence-corrected chi connectivity index (χ3v) is 4.66. The van der Waals surface area contributed by atoms with Crippen LogP contribution in [0.5, 0.6) is 11.5 Å². The van der Waals surface area contributed by atoms with Gasteiger partial charge in [0.1, 0.15) is 17.5 Å². The molecule has 0 aliphatic carbocycles. The first-order chi connectivity index (χ1) is 14.4. The fourth-order valence-electron chi connectivity index (χ4n) is 2.99. The molecular weight excluding hydrogens is 380 g/mol. The predicted octanol–water partition coefficient (Wildman–Crippen LogP) is 3.80. The molecule has 2 aromatic carbocycles. The number of amides is 2. The Morgan fingerprint density at radius 1 is 0.967 bits per heavy atom. The van der Waals surface area contributed by atoms with Crippen molar-refractivity contribution in [3.05, 3.63) is 60.2 Å². The predicted molar refractivity (Wildman–Crippen MR) is 117 cm³/mol. The van der Waals surface area contributed by atoms with Gasteiger partial charge in [-0.2, -0.15) is 0 Å². The van der Waals surface area contributed by atoms with E-state index >= 15 is 0 Å². The quantitative estimate of drug-likeness (QED) is 0.570. The number of ether oxygens (including phenoxy) is 2. The maximum absolute atomic E-state index is 13.0. The van der Waals surface area contributed by atoms with Crippen molar-refractivity contribution in [3.63, 3.8) is 0 Å². The van der Waals surface area contributed by atoms with Crippen molar-refractivity contribution >= 4 is 11.8 Å². The van der Waals surface area contributed by atoms with Gasteiger partial charge in [-0.3, -0.25) is 9.59 Å². The summed E-state index contributed by atoms with van der Waals surface area (Å²) in [6.45, 7) is 6.37. The van der Waals surface area contributed by atoms with Gasteiger partial charge in [0.05, 0.1) is 13.7 Å². The molecule has 0 saturated heterocycles. The van der Waals surface area contributed by atoms with E-state index in [4.69, 9.17) is 9.47 Å². The van der Waals surface area contributed by atoms with Crippen LogP contribution in [0.2, 0.25) is 0 Å². The summed E-state index contributed by atoms with van der Waals surface area (Å²) in [4.78, 5) is 27.2. The van der Waals surface area contributed by atoms with E-state index in [0.29, 0.717) is 26.0 Å². The molecule has 6 heteroatoms. The van der Waals surface area contributed by atoms with E-state index in [0.717, 1.165) is 17.1 Å². The molecule has 2 rings (SSSR count). The number of carbonyl (C=O) groups excluding carboxylic acids is 2. The largest absolute Gasteiger partial charge is 0.497 e. The first-order valence-corrected chi connectivity index (χ1v) is 10.3. The second kappa shape index (κ2) is 11.9. The summed E-state index contributed by atoms with van der Waals surface area (Å²) in [5.74, 6) is 1.30. The zero-order chi connectivity index (χ0) is 21.9. The number of nitrogens with zero attached hydrogens (tertiary/aromatic N) is 1. The summed E-state index contributed by atoms with van der Waals surface area (Å²) in [5, 5.41) is 2.89. The number of rotatable bonds is 11. The molecule has 0 aliphatic rings. The van der Waals surface area contributed by atoms with Gasteiger partial charge < -0.3 is 19.7 Å².